The number of hydrogen-bond acceptors (Lipinski definition) is 3. The molecule has 3 N–H and O–H groups in total. The number of aromatic nitrogens is 2. The molecule has 0 radical (unpaired) electrons. The van der Waals surface area contributed by atoms with Crippen LogP contribution in [-0.2, 0) is 13.0 Å². The predicted molar refractivity (Wildman–Crippen MR) is 122 cm³/mol. The first-order valence-electron chi connectivity index (χ1n) is 8.19. The fourth-order valence-corrected chi connectivity index (χ4v) is 3.71. The highest BCUT2D eigenvalue weighted by molar-refractivity contribution is 14.0. The first kappa shape index (κ1) is 21.0. The molecule has 0 bridgehead atoms. The maximum absolute atomic E-state index is 6.10. The Bertz CT molecular complexity index is 883. The van der Waals surface area contributed by atoms with Gasteiger partial charge in [0.1, 0.15) is 5.01 Å². The van der Waals surface area contributed by atoms with E-state index in [4.69, 9.17) is 11.6 Å². The Morgan fingerprint density at radius 3 is 2.81 bits per heavy atom. The van der Waals surface area contributed by atoms with Crippen molar-refractivity contribution < 1.29 is 0 Å². The van der Waals surface area contributed by atoms with Gasteiger partial charge in [0, 0.05) is 40.6 Å². The molecule has 0 aliphatic carbocycles. The average Bonchev–Trinajstić information content (AvgIpc) is 3.14. The van der Waals surface area contributed by atoms with Crippen molar-refractivity contribution in [1.82, 2.24) is 20.6 Å². The van der Waals surface area contributed by atoms with Crippen LogP contribution in [0.1, 0.15) is 21.1 Å². The van der Waals surface area contributed by atoms with Gasteiger partial charge in [0.25, 0.3) is 0 Å². The van der Waals surface area contributed by atoms with Crippen molar-refractivity contribution in [3.8, 4) is 0 Å². The second-order valence-electron chi connectivity index (χ2n) is 5.86. The Labute approximate surface area is 179 Å². The third-order valence-corrected chi connectivity index (χ3v) is 5.43. The van der Waals surface area contributed by atoms with E-state index in [-0.39, 0.29) is 24.0 Å². The molecule has 0 aliphatic rings. The lowest BCUT2D eigenvalue weighted by molar-refractivity contribution is 0.792. The van der Waals surface area contributed by atoms with Crippen LogP contribution < -0.4 is 10.6 Å². The van der Waals surface area contributed by atoms with Crippen molar-refractivity contribution in [2.75, 3.05) is 13.6 Å². The summed E-state index contributed by atoms with van der Waals surface area (Å²) in [6.45, 7) is 5.60. The smallest absolute Gasteiger partial charge is 0.191 e. The molecule has 0 saturated heterocycles. The number of halogens is 2. The maximum atomic E-state index is 6.10. The second-order valence-corrected chi connectivity index (χ2v) is 7.58. The number of aliphatic imine (C=N–C) groups is 1. The van der Waals surface area contributed by atoms with Gasteiger partial charge in [-0.15, -0.1) is 35.3 Å². The number of H-pyrrole nitrogens is 1. The molecule has 0 atom stereocenters. The van der Waals surface area contributed by atoms with E-state index in [1.54, 1.807) is 18.4 Å². The minimum atomic E-state index is 0. The Morgan fingerprint density at radius 2 is 2.12 bits per heavy atom. The van der Waals surface area contributed by atoms with Gasteiger partial charge in [-0.2, -0.15) is 0 Å². The van der Waals surface area contributed by atoms with Crippen LogP contribution in [0, 0.1) is 13.8 Å². The van der Waals surface area contributed by atoms with E-state index in [2.05, 4.69) is 32.5 Å². The minimum Gasteiger partial charge on any atom is -0.361 e. The Kier molecular flexibility index (Phi) is 7.72. The van der Waals surface area contributed by atoms with Gasteiger partial charge >= 0.3 is 0 Å². The van der Waals surface area contributed by atoms with E-state index in [9.17, 15) is 0 Å². The molecule has 2 aromatic heterocycles. The predicted octanol–water partition coefficient (Wildman–Crippen LogP) is 4.42. The SMILES string of the molecule is CN=C(NCCc1c[nH]c2ccc(Cl)cc12)NCc1nc(C)c(C)s1.I. The highest BCUT2D eigenvalue weighted by atomic mass is 127. The van der Waals surface area contributed by atoms with Gasteiger partial charge in [-0.1, -0.05) is 11.6 Å². The number of aromatic amines is 1. The van der Waals surface area contributed by atoms with E-state index in [0.29, 0.717) is 6.54 Å². The summed E-state index contributed by atoms with van der Waals surface area (Å²) in [4.78, 5) is 13.4. The summed E-state index contributed by atoms with van der Waals surface area (Å²) in [5.74, 6) is 0.781. The lowest BCUT2D eigenvalue weighted by atomic mass is 10.1. The maximum Gasteiger partial charge on any atom is 0.191 e. The first-order valence-corrected chi connectivity index (χ1v) is 9.39. The number of benzene rings is 1. The molecule has 0 amide bonds. The van der Waals surface area contributed by atoms with Crippen molar-refractivity contribution >= 4 is 63.8 Å². The Balaban J connectivity index is 0.00000243. The van der Waals surface area contributed by atoms with E-state index in [1.165, 1.54) is 15.8 Å². The molecule has 26 heavy (non-hydrogen) atoms. The number of hydrogen-bond donors (Lipinski definition) is 3. The van der Waals surface area contributed by atoms with Crippen molar-refractivity contribution in [3.05, 3.63) is 50.6 Å². The fourth-order valence-electron chi connectivity index (χ4n) is 2.67. The number of thiazole rings is 1. The molecule has 0 saturated carbocycles. The molecule has 0 aliphatic heterocycles. The fraction of sp³-hybridized carbons (Fsp3) is 0.333. The molecular formula is C18H23ClIN5S. The lowest BCUT2D eigenvalue weighted by Crippen LogP contribution is -2.37. The quantitative estimate of drug-likeness (QED) is 0.274. The van der Waals surface area contributed by atoms with Crippen LogP contribution in [0.4, 0.5) is 0 Å². The molecule has 0 unspecified atom stereocenters. The van der Waals surface area contributed by atoms with Gasteiger partial charge in [-0.3, -0.25) is 4.99 Å². The summed E-state index contributed by atoms with van der Waals surface area (Å²) in [6.07, 6.45) is 2.93. The molecular weight excluding hydrogens is 481 g/mol. The van der Waals surface area contributed by atoms with Gasteiger partial charge in [0.2, 0.25) is 0 Å². The first-order chi connectivity index (χ1) is 12.1. The van der Waals surface area contributed by atoms with Crippen LogP contribution in [0.2, 0.25) is 5.02 Å². The molecule has 5 nitrogen and oxygen atoms in total. The molecule has 1 aromatic carbocycles. The third kappa shape index (κ3) is 5.11. The van der Waals surface area contributed by atoms with E-state index >= 15 is 0 Å². The number of aryl methyl sites for hydroxylation is 2. The number of nitrogens with one attached hydrogen (secondary N) is 3. The number of rotatable bonds is 5. The molecule has 3 aromatic rings. The molecule has 8 heteroatoms. The Morgan fingerprint density at radius 1 is 1.31 bits per heavy atom. The van der Waals surface area contributed by atoms with Gasteiger partial charge in [-0.05, 0) is 44.0 Å². The van der Waals surface area contributed by atoms with Gasteiger partial charge in [-0.25, -0.2) is 4.98 Å². The topological polar surface area (TPSA) is 65.1 Å². The molecule has 0 spiro atoms. The summed E-state index contributed by atoms with van der Waals surface area (Å²) in [6, 6.07) is 5.91. The number of nitrogens with zero attached hydrogens (tertiary/aromatic N) is 2. The molecule has 2 heterocycles. The highest BCUT2D eigenvalue weighted by Crippen LogP contribution is 2.22. The Hall–Kier alpha value is -1.32. The minimum absolute atomic E-state index is 0. The van der Waals surface area contributed by atoms with Crippen molar-refractivity contribution in [2.24, 2.45) is 4.99 Å². The van der Waals surface area contributed by atoms with E-state index < -0.39 is 0 Å². The molecule has 140 valence electrons. The summed E-state index contributed by atoms with van der Waals surface area (Å²) in [7, 11) is 1.78. The second kappa shape index (κ2) is 9.57. The highest BCUT2D eigenvalue weighted by Gasteiger charge is 2.06. The zero-order valence-corrected chi connectivity index (χ0v) is 18.9. The van der Waals surface area contributed by atoms with Crippen molar-refractivity contribution in [3.63, 3.8) is 0 Å². The van der Waals surface area contributed by atoms with Crippen LogP contribution in [0.3, 0.4) is 0 Å². The summed E-state index contributed by atoms with van der Waals surface area (Å²) < 4.78 is 0. The lowest BCUT2D eigenvalue weighted by Gasteiger charge is -2.10. The van der Waals surface area contributed by atoms with Crippen LogP contribution >= 0.6 is 46.9 Å². The van der Waals surface area contributed by atoms with E-state index in [0.717, 1.165) is 40.2 Å². The van der Waals surface area contributed by atoms with Crippen LogP contribution in [0.5, 0.6) is 0 Å². The van der Waals surface area contributed by atoms with Crippen LogP contribution in [0.25, 0.3) is 10.9 Å². The van der Waals surface area contributed by atoms with Gasteiger partial charge in [0.05, 0.1) is 12.2 Å². The van der Waals surface area contributed by atoms with Crippen molar-refractivity contribution in [2.45, 2.75) is 26.8 Å². The largest absolute Gasteiger partial charge is 0.361 e. The number of guanidine groups is 1. The zero-order valence-electron chi connectivity index (χ0n) is 15.0. The van der Waals surface area contributed by atoms with Gasteiger partial charge < -0.3 is 15.6 Å². The van der Waals surface area contributed by atoms with E-state index in [1.807, 2.05) is 31.3 Å². The summed E-state index contributed by atoms with van der Waals surface area (Å²) >= 11 is 7.82. The standard InChI is InChI=1S/C18H22ClN5S.HI/c1-11-12(2)25-17(24-11)10-23-18(20-3)21-7-6-13-9-22-16-5-4-14(19)8-15(13)16;/h4-5,8-9,22H,6-7,10H2,1-3H3,(H2,20,21,23);1H. The average molecular weight is 504 g/mol. The summed E-state index contributed by atoms with van der Waals surface area (Å²) in [5.41, 5.74) is 3.45. The van der Waals surface area contributed by atoms with Crippen LogP contribution in [0.15, 0.2) is 29.4 Å². The normalized spacial score (nSPS) is 11.5. The van der Waals surface area contributed by atoms with Crippen molar-refractivity contribution in [1.29, 1.82) is 0 Å². The monoisotopic (exact) mass is 503 g/mol. The third-order valence-electron chi connectivity index (χ3n) is 4.12. The van der Waals surface area contributed by atoms with Gasteiger partial charge in [0.15, 0.2) is 5.96 Å². The summed E-state index contributed by atoms with van der Waals surface area (Å²) in [5, 5.41) is 9.66. The molecule has 3 rings (SSSR count). The molecule has 0 fully saturated rings. The van der Waals surface area contributed by atoms with Crippen LogP contribution in [-0.4, -0.2) is 29.5 Å². The number of fused-ring (bicyclic) bond motifs is 1. The zero-order chi connectivity index (χ0) is 17.8.